The van der Waals surface area contributed by atoms with Crippen LogP contribution in [0.4, 0.5) is 22.3 Å². The number of ether oxygens (including phenoxy) is 2. The van der Waals surface area contributed by atoms with E-state index in [-0.39, 0.29) is 11.5 Å². The number of aromatic nitrogens is 2. The smallest absolute Gasteiger partial charge is 0.236 e. The zero-order valence-electron chi connectivity index (χ0n) is 20.3. The lowest BCUT2D eigenvalue weighted by molar-refractivity contribution is 0.146. The number of nitriles is 1. The summed E-state index contributed by atoms with van der Waals surface area (Å²) >= 11 is 2.87. The monoisotopic (exact) mass is 528 g/mol. The Balaban J connectivity index is 1.55. The van der Waals surface area contributed by atoms with E-state index in [1.807, 2.05) is 48.7 Å². The van der Waals surface area contributed by atoms with E-state index in [2.05, 4.69) is 26.2 Å². The summed E-state index contributed by atoms with van der Waals surface area (Å²) in [7, 11) is 1.61. The predicted molar refractivity (Wildman–Crippen MR) is 149 cm³/mol. The molecule has 0 spiro atoms. The topological polar surface area (TPSA) is 110 Å². The second kappa shape index (κ2) is 12.2. The van der Waals surface area contributed by atoms with Crippen LogP contribution in [0.25, 0.3) is 16.0 Å². The molecule has 0 saturated heterocycles. The third-order valence-electron chi connectivity index (χ3n) is 5.30. The minimum absolute atomic E-state index is 0.0897. The lowest BCUT2D eigenvalue weighted by Crippen LogP contribution is -2.04. The van der Waals surface area contributed by atoms with Crippen LogP contribution in [0.15, 0.2) is 58.9 Å². The largest absolute Gasteiger partial charge is 0.491 e. The molecule has 2 aromatic heterocycles. The Morgan fingerprint density at radius 1 is 1.14 bits per heavy atom. The average Bonchev–Trinajstić information content (AvgIpc) is 3.36. The second-order valence-corrected chi connectivity index (χ2v) is 9.74. The molecule has 4 aromatic rings. The van der Waals surface area contributed by atoms with Crippen molar-refractivity contribution in [3.8, 4) is 22.9 Å². The number of pyridine rings is 1. The van der Waals surface area contributed by atoms with Gasteiger partial charge in [0, 0.05) is 29.5 Å². The van der Waals surface area contributed by atoms with Crippen LogP contribution in [0.3, 0.4) is 0 Å². The minimum Gasteiger partial charge on any atom is -0.491 e. The highest BCUT2D eigenvalue weighted by atomic mass is 32.2. The van der Waals surface area contributed by atoms with Crippen molar-refractivity contribution in [2.75, 3.05) is 31.4 Å². The van der Waals surface area contributed by atoms with Crippen LogP contribution in [0.5, 0.6) is 5.75 Å². The summed E-state index contributed by atoms with van der Waals surface area (Å²) in [5, 5.41) is 16.6. The summed E-state index contributed by atoms with van der Waals surface area (Å²) in [4.78, 5) is 12.6. The minimum atomic E-state index is 0.0897. The van der Waals surface area contributed by atoms with Crippen molar-refractivity contribution in [3.63, 3.8) is 0 Å². The molecular formula is C27H24N6O2S2. The van der Waals surface area contributed by atoms with Gasteiger partial charge in [-0.1, -0.05) is 41.6 Å². The van der Waals surface area contributed by atoms with E-state index in [9.17, 15) is 5.26 Å². The summed E-state index contributed by atoms with van der Waals surface area (Å²) in [6.07, 6.45) is 0. The van der Waals surface area contributed by atoms with Crippen molar-refractivity contribution in [1.82, 2.24) is 9.97 Å². The number of methoxy groups -OCH3 is 1. The number of anilines is 3. The molecule has 0 aliphatic rings. The third-order valence-corrected chi connectivity index (χ3v) is 7.11. The number of thiazole rings is 1. The quantitative estimate of drug-likeness (QED) is 0.135. The molecule has 0 unspecified atom stereocenters. The summed E-state index contributed by atoms with van der Waals surface area (Å²) in [5.74, 6) is 1.25. The number of nitrogens with zero attached hydrogens (tertiary/aromatic N) is 4. The number of thioether (sulfide) groups is 1. The van der Waals surface area contributed by atoms with Crippen LogP contribution in [0.1, 0.15) is 16.8 Å². The molecule has 10 heteroatoms. The van der Waals surface area contributed by atoms with Gasteiger partial charge in [0.1, 0.15) is 29.3 Å². The Bertz CT molecular complexity index is 1450. The van der Waals surface area contributed by atoms with Gasteiger partial charge in [0.15, 0.2) is 5.13 Å². The van der Waals surface area contributed by atoms with Crippen molar-refractivity contribution >= 4 is 45.4 Å². The van der Waals surface area contributed by atoms with Crippen LogP contribution in [0.2, 0.25) is 0 Å². The van der Waals surface area contributed by atoms with E-state index in [0.717, 1.165) is 16.5 Å². The van der Waals surface area contributed by atoms with Gasteiger partial charge >= 0.3 is 0 Å². The number of nitrogen functional groups attached to an aromatic ring is 1. The highest BCUT2D eigenvalue weighted by Gasteiger charge is 2.21. The van der Waals surface area contributed by atoms with Gasteiger partial charge in [-0.05, 0) is 36.8 Å². The van der Waals surface area contributed by atoms with Gasteiger partial charge in [-0.3, -0.25) is 0 Å². The number of hydrogen-bond acceptors (Lipinski definition) is 9. The zero-order chi connectivity index (χ0) is 26.2. The van der Waals surface area contributed by atoms with Crippen LogP contribution >= 0.6 is 23.1 Å². The highest BCUT2D eigenvalue weighted by molar-refractivity contribution is 7.98. The Labute approximate surface area is 223 Å². The zero-order valence-corrected chi connectivity index (χ0v) is 21.9. The molecule has 4 rings (SSSR count). The number of benzene rings is 2. The van der Waals surface area contributed by atoms with Crippen molar-refractivity contribution < 1.29 is 9.47 Å². The van der Waals surface area contributed by atoms with Crippen molar-refractivity contribution in [2.45, 2.75) is 17.7 Å². The van der Waals surface area contributed by atoms with E-state index in [0.29, 0.717) is 46.4 Å². The summed E-state index contributed by atoms with van der Waals surface area (Å²) < 4.78 is 10.6. The van der Waals surface area contributed by atoms with Gasteiger partial charge in [-0.25, -0.2) is 14.8 Å². The molecule has 0 amide bonds. The molecule has 3 N–H and O–H groups in total. The fourth-order valence-corrected chi connectivity index (χ4v) is 5.19. The number of hydrogen-bond donors (Lipinski definition) is 2. The van der Waals surface area contributed by atoms with E-state index < -0.39 is 0 Å². The van der Waals surface area contributed by atoms with Crippen LogP contribution in [-0.2, 0) is 10.5 Å². The molecule has 0 aliphatic carbocycles. The number of aryl methyl sites for hydroxylation is 1. The molecule has 0 saturated carbocycles. The van der Waals surface area contributed by atoms with E-state index in [4.69, 9.17) is 21.8 Å². The van der Waals surface area contributed by atoms with Gasteiger partial charge in [-0.2, -0.15) is 5.26 Å². The fourth-order valence-electron chi connectivity index (χ4n) is 3.47. The van der Waals surface area contributed by atoms with Crippen LogP contribution in [0, 0.1) is 24.8 Å². The Morgan fingerprint density at radius 3 is 2.57 bits per heavy atom. The third kappa shape index (κ3) is 6.38. The molecule has 37 heavy (non-hydrogen) atoms. The molecule has 8 nitrogen and oxygen atoms in total. The van der Waals surface area contributed by atoms with Gasteiger partial charge in [-0.15, -0.1) is 11.3 Å². The number of nitrogens with one attached hydrogen (secondary N) is 1. The molecule has 0 fully saturated rings. The molecule has 0 atom stereocenters. The van der Waals surface area contributed by atoms with Gasteiger partial charge in [0.25, 0.3) is 0 Å². The van der Waals surface area contributed by atoms with Gasteiger partial charge < -0.3 is 20.5 Å². The molecule has 2 aromatic carbocycles. The molecule has 2 heterocycles. The number of rotatable bonds is 10. The molecule has 0 radical (unpaired) electrons. The Morgan fingerprint density at radius 2 is 1.89 bits per heavy atom. The van der Waals surface area contributed by atoms with Crippen molar-refractivity contribution in [3.05, 3.63) is 82.1 Å². The van der Waals surface area contributed by atoms with Crippen LogP contribution in [-0.4, -0.2) is 30.3 Å². The Kier molecular flexibility index (Phi) is 8.60. The average molecular weight is 529 g/mol. The van der Waals surface area contributed by atoms with E-state index in [1.165, 1.54) is 28.7 Å². The predicted octanol–water partition coefficient (Wildman–Crippen LogP) is 6.58. The molecular weight excluding hydrogens is 504 g/mol. The van der Waals surface area contributed by atoms with Gasteiger partial charge in [0.2, 0.25) is 5.69 Å². The summed E-state index contributed by atoms with van der Waals surface area (Å²) in [6, 6.07) is 17.5. The van der Waals surface area contributed by atoms with E-state index in [1.54, 1.807) is 19.2 Å². The second-order valence-electron chi connectivity index (χ2n) is 7.91. The molecule has 0 bridgehead atoms. The van der Waals surface area contributed by atoms with Crippen molar-refractivity contribution in [2.24, 2.45) is 0 Å². The Hall–Kier alpha value is -4.09. The van der Waals surface area contributed by atoms with Crippen molar-refractivity contribution in [1.29, 1.82) is 5.26 Å². The molecule has 186 valence electrons. The molecule has 0 aliphatic heterocycles. The SMILES string of the molecule is [C-]#[N+]c1c(N)nc(SCc2csc(Nc3ccc(C)cc3)n2)c(C#N)c1-c1ccc(OCCOC)cc1. The summed E-state index contributed by atoms with van der Waals surface area (Å²) in [5.41, 5.74) is 10.8. The standard InChI is InChI=1S/C27H24N6O2S2/c1-17-4-8-19(9-5-17)31-27-32-20(16-37-27)15-36-26-22(14-28)23(24(30-2)25(29)33-26)18-6-10-21(11-7-18)35-13-12-34-3/h4-11,16H,12-13,15H2,1,3H3,(H2,29,33)(H,31,32). The normalized spacial score (nSPS) is 10.5. The lowest BCUT2D eigenvalue weighted by atomic mass is 10.00. The number of nitrogens with two attached hydrogens (primary N) is 1. The first-order valence-corrected chi connectivity index (χ1v) is 13.1. The highest BCUT2D eigenvalue weighted by Crippen LogP contribution is 2.42. The first-order chi connectivity index (χ1) is 18.0. The first-order valence-electron chi connectivity index (χ1n) is 11.3. The maximum Gasteiger partial charge on any atom is 0.236 e. The summed E-state index contributed by atoms with van der Waals surface area (Å²) in [6.45, 7) is 10.6. The fraction of sp³-hybridized carbons (Fsp3) is 0.185. The maximum absolute atomic E-state index is 10.0. The first kappa shape index (κ1) is 26.0. The maximum atomic E-state index is 10.0. The van der Waals surface area contributed by atoms with Crippen LogP contribution < -0.4 is 15.8 Å². The lowest BCUT2D eigenvalue weighted by Gasteiger charge is -2.13. The van der Waals surface area contributed by atoms with E-state index >= 15 is 0 Å². The van der Waals surface area contributed by atoms with Gasteiger partial charge in [0.05, 0.1) is 24.4 Å².